The van der Waals surface area contributed by atoms with Crippen LogP contribution in [0.5, 0.6) is 5.75 Å². The first kappa shape index (κ1) is 20.4. The van der Waals surface area contributed by atoms with Gasteiger partial charge in [-0.25, -0.2) is 8.42 Å². The Morgan fingerprint density at radius 3 is 2.25 bits per heavy atom. The van der Waals surface area contributed by atoms with Gasteiger partial charge in [-0.15, -0.1) is 0 Å². The van der Waals surface area contributed by atoms with E-state index in [1.54, 1.807) is 43.5 Å². The number of carbonyl (C=O) groups is 1. The van der Waals surface area contributed by atoms with Crippen LogP contribution in [0.3, 0.4) is 0 Å². The van der Waals surface area contributed by atoms with Gasteiger partial charge in [0, 0.05) is 24.7 Å². The number of methoxy groups -OCH3 is 1. The summed E-state index contributed by atoms with van der Waals surface area (Å²) < 4.78 is 32.4. The molecule has 1 N–H and O–H groups in total. The molecular formula is C21H26N2O4S. The van der Waals surface area contributed by atoms with Gasteiger partial charge in [0.2, 0.25) is 10.0 Å². The van der Waals surface area contributed by atoms with E-state index in [0.29, 0.717) is 42.1 Å². The summed E-state index contributed by atoms with van der Waals surface area (Å²) in [5.74, 6) is 0.541. The molecule has 3 rings (SSSR count). The Bertz CT molecular complexity index is 947. The number of hydrogen-bond acceptors (Lipinski definition) is 4. The normalized spacial score (nSPS) is 16.0. The lowest BCUT2D eigenvalue weighted by molar-refractivity contribution is 0.0924. The van der Waals surface area contributed by atoms with Crippen LogP contribution in [0.4, 0.5) is 0 Å². The van der Waals surface area contributed by atoms with E-state index < -0.39 is 10.0 Å². The first-order valence-corrected chi connectivity index (χ1v) is 10.8. The predicted octanol–water partition coefficient (Wildman–Crippen LogP) is 2.90. The molecule has 0 aromatic heterocycles. The third-order valence-electron chi connectivity index (χ3n) is 5.26. The van der Waals surface area contributed by atoms with E-state index in [0.717, 1.165) is 11.1 Å². The number of hydrogen-bond donors (Lipinski definition) is 1. The molecule has 6 nitrogen and oxygen atoms in total. The number of nitrogens with one attached hydrogen (secondary N) is 1. The number of rotatable bonds is 5. The number of amides is 1. The number of benzene rings is 2. The van der Waals surface area contributed by atoms with Crippen LogP contribution >= 0.6 is 0 Å². The zero-order chi connectivity index (χ0) is 20.3. The maximum atomic E-state index is 12.9. The molecule has 2 aromatic rings. The number of sulfonamides is 1. The highest BCUT2D eigenvalue weighted by Gasteiger charge is 2.30. The van der Waals surface area contributed by atoms with Gasteiger partial charge in [0.05, 0.1) is 12.0 Å². The number of aryl methyl sites for hydroxylation is 2. The zero-order valence-electron chi connectivity index (χ0n) is 16.4. The van der Waals surface area contributed by atoms with Crippen molar-refractivity contribution in [1.82, 2.24) is 9.62 Å². The minimum atomic E-state index is -3.51. The molecule has 0 radical (unpaired) electrons. The second-order valence-electron chi connectivity index (χ2n) is 7.13. The van der Waals surface area contributed by atoms with Crippen molar-refractivity contribution < 1.29 is 17.9 Å². The first-order valence-electron chi connectivity index (χ1n) is 9.33. The second kappa shape index (κ2) is 8.32. The molecule has 1 aliphatic heterocycles. The van der Waals surface area contributed by atoms with Crippen LogP contribution in [0.15, 0.2) is 47.4 Å². The van der Waals surface area contributed by atoms with Crippen molar-refractivity contribution in [3.8, 4) is 5.75 Å². The van der Waals surface area contributed by atoms with Crippen molar-refractivity contribution >= 4 is 15.9 Å². The largest absolute Gasteiger partial charge is 0.497 e. The molecule has 0 bridgehead atoms. The molecule has 0 aliphatic carbocycles. The fourth-order valence-corrected chi connectivity index (χ4v) is 4.83. The van der Waals surface area contributed by atoms with Crippen molar-refractivity contribution in [2.45, 2.75) is 37.6 Å². The quantitative estimate of drug-likeness (QED) is 0.834. The van der Waals surface area contributed by atoms with Crippen molar-refractivity contribution in [2.24, 2.45) is 0 Å². The molecule has 0 unspecified atom stereocenters. The Balaban J connectivity index is 1.60. The smallest absolute Gasteiger partial charge is 0.251 e. The van der Waals surface area contributed by atoms with Gasteiger partial charge in [-0.2, -0.15) is 4.31 Å². The molecule has 0 saturated carbocycles. The Morgan fingerprint density at radius 2 is 1.68 bits per heavy atom. The van der Waals surface area contributed by atoms with Crippen molar-refractivity contribution in [3.05, 3.63) is 59.2 Å². The van der Waals surface area contributed by atoms with Gasteiger partial charge in [0.25, 0.3) is 5.91 Å². The van der Waals surface area contributed by atoms with E-state index in [1.807, 2.05) is 19.9 Å². The molecule has 1 heterocycles. The Labute approximate surface area is 166 Å². The summed E-state index contributed by atoms with van der Waals surface area (Å²) in [7, 11) is -1.93. The van der Waals surface area contributed by atoms with Gasteiger partial charge in [-0.1, -0.05) is 6.07 Å². The van der Waals surface area contributed by atoms with Gasteiger partial charge in [0.15, 0.2) is 0 Å². The average molecular weight is 403 g/mol. The summed E-state index contributed by atoms with van der Waals surface area (Å²) in [5, 5.41) is 3.00. The topological polar surface area (TPSA) is 75.7 Å². The van der Waals surface area contributed by atoms with E-state index in [-0.39, 0.29) is 11.9 Å². The number of piperidine rings is 1. The third-order valence-corrected chi connectivity index (χ3v) is 7.15. The molecule has 0 spiro atoms. The molecule has 1 aliphatic rings. The summed E-state index contributed by atoms with van der Waals surface area (Å²) in [6, 6.07) is 12.1. The van der Waals surface area contributed by atoms with Crippen molar-refractivity contribution in [1.29, 1.82) is 0 Å². The van der Waals surface area contributed by atoms with Gasteiger partial charge in [0.1, 0.15) is 5.75 Å². The number of carbonyl (C=O) groups excluding carboxylic acids is 1. The Morgan fingerprint density at radius 1 is 1.04 bits per heavy atom. The number of nitrogens with zero attached hydrogens (tertiary/aromatic N) is 1. The van der Waals surface area contributed by atoms with Crippen LogP contribution in [0.1, 0.15) is 34.3 Å². The van der Waals surface area contributed by atoms with Gasteiger partial charge >= 0.3 is 0 Å². The Kier molecular flexibility index (Phi) is 6.05. The molecule has 1 amide bonds. The monoisotopic (exact) mass is 402 g/mol. The lowest BCUT2D eigenvalue weighted by Crippen LogP contribution is -2.46. The molecule has 0 atom stereocenters. The number of ether oxygens (including phenoxy) is 1. The molecule has 150 valence electrons. The minimum absolute atomic E-state index is 0.0409. The van der Waals surface area contributed by atoms with Crippen LogP contribution in [0, 0.1) is 13.8 Å². The highest BCUT2D eigenvalue weighted by atomic mass is 32.2. The SMILES string of the molecule is COc1ccc(C(=O)NC2CCN(S(=O)(=O)c3ccc(C)c(C)c3)CC2)cc1. The lowest BCUT2D eigenvalue weighted by atomic mass is 10.1. The van der Waals surface area contributed by atoms with E-state index in [4.69, 9.17) is 4.74 Å². The standard InChI is InChI=1S/C21H26N2O4S/c1-15-4-9-20(14-16(15)2)28(25,26)23-12-10-18(11-13-23)22-21(24)17-5-7-19(27-3)8-6-17/h4-9,14,18H,10-13H2,1-3H3,(H,22,24). The minimum Gasteiger partial charge on any atom is -0.497 e. The highest BCUT2D eigenvalue weighted by Crippen LogP contribution is 2.23. The zero-order valence-corrected chi connectivity index (χ0v) is 17.3. The van der Waals surface area contributed by atoms with E-state index in [1.165, 1.54) is 4.31 Å². The van der Waals surface area contributed by atoms with E-state index in [9.17, 15) is 13.2 Å². The van der Waals surface area contributed by atoms with Gasteiger partial charge in [-0.3, -0.25) is 4.79 Å². The van der Waals surface area contributed by atoms with Crippen molar-refractivity contribution in [2.75, 3.05) is 20.2 Å². The summed E-state index contributed by atoms with van der Waals surface area (Å²) in [4.78, 5) is 12.7. The van der Waals surface area contributed by atoms with Crippen LogP contribution < -0.4 is 10.1 Å². The fraction of sp³-hybridized carbons (Fsp3) is 0.381. The van der Waals surface area contributed by atoms with Crippen molar-refractivity contribution in [3.63, 3.8) is 0 Å². The van der Waals surface area contributed by atoms with E-state index >= 15 is 0 Å². The maximum absolute atomic E-state index is 12.9. The Hall–Kier alpha value is -2.38. The summed E-state index contributed by atoms with van der Waals surface area (Å²) in [6.07, 6.45) is 1.18. The first-order chi connectivity index (χ1) is 13.3. The summed E-state index contributed by atoms with van der Waals surface area (Å²) >= 11 is 0. The summed E-state index contributed by atoms with van der Waals surface area (Å²) in [5.41, 5.74) is 2.59. The fourth-order valence-electron chi connectivity index (χ4n) is 3.28. The van der Waals surface area contributed by atoms with Gasteiger partial charge < -0.3 is 10.1 Å². The molecular weight excluding hydrogens is 376 g/mol. The lowest BCUT2D eigenvalue weighted by Gasteiger charge is -2.31. The van der Waals surface area contributed by atoms with Crippen LogP contribution in [-0.2, 0) is 10.0 Å². The van der Waals surface area contributed by atoms with Crippen LogP contribution in [0.2, 0.25) is 0 Å². The maximum Gasteiger partial charge on any atom is 0.251 e. The average Bonchev–Trinajstić information content (AvgIpc) is 2.70. The van der Waals surface area contributed by atoms with E-state index in [2.05, 4.69) is 5.32 Å². The van der Waals surface area contributed by atoms with Crippen LogP contribution in [0.25, 0.3) is 0 Å². The molecule has 1 saturated heterocycles. The molecule has 1 fully saturated rings. The second-order valence-corrected chi connectivity index (χ2v) is 9.06. The molecule has 7 heteroatoms. The molecule has 28 heavy (non-hydrogen) atoms. The summed E-state index contributed by atoms with van der Waals surface area (Å²) in [6.45, 7) is 4.66. The van der Waals surface area contributed by atoms with Crippen LogP contribution in [-0.4, -0.2) is 44.9 Å². The highest BCUT2D eigenvalue weighted by molar-refractivity contribution is 7.89. The van der Waals surface area contributed by atoms with Gasteiger partial charge in [-0.05, 0) is 74.2 Å². The third kappa shape index (κ3) is 4.36. The predicted molar refractivity (Wildman–Crippen MR) is 108 cm³/mol. The molecule has 2 aromatic carbocycles.